The Balaban J connectivity index is 2.11. The standard InChI is InChI=1S/C13H14N2S/c1-10(14)11-5-7-12(8-6-11)16-13-4-2-3-9-15-13/h2-10H,14H2,1H3. The lowest BCUT2D eigenvalue weighted by molar-refractivity contribution is 0.817. The summed E-state index contributed by atoms with van der Waals surface area (Å²) in [7, 11) is 0. The molecule has 2 aromatic rings. The molecule has 1 aromatic heterocycles. The third-order valence-electron chi connectivity index (χ3n) is 2.27. The summed E-state index contributed by atoms with van der Waals surface area (Å²) < 4.78 is 0. The van der Waals surface area contributed by atoms with E-state index in [-0.39, 0.29) is 6.04 Å². The van der Waals surface area contributed by atoms with Crippen LogP contribution in [-0.4, -0.2) is 4.98 Å². The first-order valence-electron chi connectivity index (χ1n) is 5.20. The van der Waals surface area contributed by atoms with Crippen molar-refractivity contribution >= 4 is 11.8 Å². The average molecular weight is 230 g/mol. The fourth-order valence-electron chi connectivity index (χ4n) is 1.37. The number of pyridine rings is 1. The van der Waals surface area contributed by atoms with Crippen molar-refractivity contribution in [2.75, 3.05) is 0 Å². The van der Waals surface area contributed by atoms with Crippen molar-refractivity contribution in [1.29, 1.82) is 0 Å². The first-order valence-corrected chi connectivity index (χ1v) is 6.02. The van der Waals surface area contributed by atoms with E-state index in [1.165, 1.54) is 4.90 Å². The van der Waals surface area contributed by atoms with Crippen molar-refractivity contribution in [3.63, 3.8) is 0 Å². The topological polar surface area (TPSA) is 38.9 Å². The van der Waals surface area contributed by atoms with Gasteiger partial charge in [0.25, 0.3) is 0 Å². The van der Waals surface area contributed by atoms with E-state index in [1.807, 2.05) is 25.1 Å². The number of nitrogens with zero attached hydrogens (tertiary/aromatic N) is 1. The summed E-state index contributed by atoms with van der Waals surface area (Å²) in [6, 6.07) is 14.3. The Kier molecular flexibility index (Phi) is 3.59. The molecule has 0 spiro atoms. The van der Waals surface area contributed by atoms with E-state index in [4.69, 9.17) is 5.73 Å². The minimum atomic E-state index is 0.0916. The lowest BCUT2D eigenvalue weighted by atomic mass is 10.1. The van der Waals surface area contributed by atoms with E-state index < -0.39 is 0 Å². The maximum atomic E-state index is 5.80. The van der Waals surface area contributed by atoms with Crippen LogP contribution in [0.15, 0.2) is 58.6 Å². The SMILES string of the molecule is CC(N)c1ccc(Sc2ccccn2)cc1. The number of rotatable bonds is 3. The average Bonchev–Trinajstić information content (AvgIpc) is 2.31. The number of nitrogens with two attached hydrogens (primary N) is 1. The third kappa shape index (κ3) is 2.84. The Morgan fingerprint density at radius 3 is 2.44 bits per heavy atom. The van der Waals surface area contributed by atoms with Crippen LogP contribution >= 0.6 is 11.8 Å². The molecule has 0 aliphatic carbocycles. The first-order chi connectivity index (χ1) is 7.75. The Bertz CT molecular complexity index is 437. The molecular formula is C13H14N2S. The molecule has 0 saturated carbocycles. The van der Waals surface area contributed by atoms with Crippen molar-refractivity contribution < 1.29 is 0 Å². The number of benzene rings is 1. The highest BCUT2D eigenvalue weighted by Gasteiger charge is 2.00. The Hall–Kier alpha value is -1.32. The third-order valence-corrected chi connectivity index (χ3v) is 3.22. The highest BCUT2D eigenvalue weighted by molar-refractivity contribution is 7.99. The molecule has 0 fully saturated rings. The van der Waals surface area contributed by atoms with Crippen LogP contribution < -0.4 is 5.73 Å². The predicted octanol–water partition coefficient (Wildman–Crippen LogP) is 3.25. The molecule has 2 nitrogen and oxygen atoms in total. The van der Waals surface area contributed by atoms with Crippen LogP contribution in [0, 0.1) is 0 Å². The zero-order chi connectivity index (χ0) is 11.4. The molecule has 1 heterocycles. The number of hydrogen-bond acceptors (Lipinski definition) is 3. The molecule has 16 heavy (non-hydrogen) atoms. The summed E-state index contributed by atoms with van der Waals surface area (Å²) in [6.07, 6.45) is 1.80. The van der Waals surface area contributed by atoms with Gasteiger partial charge in [-0.05, 0) is 36.8 Å². The molecule has 1 aromatic carbocycles. The van der Waals surface area contributed by atoms with E-state index in [2.05, 4.69) is 29.2 Å². The Morgan fingerprint density at radius 1 is 1.12 bits per heavy atom. The summed E-state index contributed by atoms with van der Waals surface area (Å²) >= 11 is 1.66. The lowest BCUT2D eigenvalue weighted by Gasteiger charge is -2.06. The second-order valence-electron chi connectivity index (χ2n) is 3.63. The van der Waals surface area contributed by atoms with Gasteiger partial charge in [0, 0.05) is 17.1 Å². The highest BCUT2D eigenvalue weighted by atomic mass is 32.2. The van der Waals surface area contributed by atoms with Gasteiger partial charge >= 0.3 is 0 Å². The first kappa shape index (κ1) is 11.2. The van der Waals surface area contributed by atoms with Crippen molar-refractivity contribution in [3.8, 4) is 0 Å². The van der Waals surface area contributed by atoms with Crippen LogP contribution in [0.5, 0.6) is 0 Å². The quantitative estimate of drug-likeness (QED) is 0.879. The zero-order valence-electron chi connectivity index (χ0n) is 9.13. The summed E-state index contributed by atoms with van der Waals surface area (Å²) in [5.74, 6) is 0. The van der Waals surface area contributed by atoms with E-state index in [0.717, 1.165) is 10.6 Å². The van der Waals surface area contributed by atoms with Gasteiger partial charge < -0.3 is 5.73 Å². The summed E-state index contributed by atoms with van der Waals surface area (Å²) in [5, 5.41) is 1.01. The van der Waals surface area contributed by atoms with Crippen LogP contribution in [-0.2, 0) is 0 Å². The molecule has 1 atom stereocenters. The molecule has 2 rings (SSSR count). The normalized spacial score (nSPS) is 12.4. The predicted molar refractivity (Wildman–Crippen MR) is 67.4 cm³/mol. The van der Waals surface area contributed by atoms with Gasteiger partial charge in [-0.3, -0.25) is 0 Å². The van der Waals surface area contributed by atoms with Crippen molar-refractivity contribution in [2.24, 2.45) is 5.73 Å². The number of aromatic nitrogens is 1. The molecule has 0 saturated heterocycles. The van der Waals surface area contributed by atoms with Gasteiger partial charge in [0.15, 0.2) is 0 Å². The lowest BCUT2D eigenvalue weighted by Crippen LogP contribution is -2.04. The van der Waals surface area contributed by atoms with Gasteiger partial charge in [0.2, 0.25) is 0 Å². The summed E-state index contributed by atoms with van der Waals surface area (Å²) in [6.45, 7) is 1.99. The molecule has 0 bridgehead atoms. The molecule has 2 N–H and O–H groups in total. The second kappa shape index (κ2) is 5.14. The van der Waals surface area contributed by atoms with Crippen LogP contribution in [0.1, 0.15) is 18.5 Å². The molecule has 0 aliphatic heterocycles. The van der Waals surface area contributed by atoms with Crippen molar-refractivity contribution in [2.45, 2.75) is 22.9 Å². The van der Waals surface area contributed by atoms with Gasteiger partial charge in [-0.2, -0.15) is 0 Å². The molecule has 1 unspecified atom stereocenters. The maximum Gasteiger partial charge on any atom is 0.101 e. The molecular weight excluding hydrogens is 216 g/mol. The maximum absolute atomic E-state index is 5.80. The molecule has 0 amide bonds. The molecule has 0 aliphatic rings. The largest absolute Gasteiger partial charge is 0.324 e. The monoisotopic (exact) mass is 230 g/mol. The van der Waals surface area contributed by atoms with Gasteiger partial charge in [-0.25, -0.2) is 4.98 Å². The summed E-state index contributed by atoms with van der Waals surface area (Å²) in [5.41, 5.74) is 6.95. The number of hydrogen-bond donors (Lipinski definition) is 1. The minimum Gasteiger partial charge on any atom is -0.324 e. The fourth-order valence-corrected chi connectivity index (χ4v) is 2.14. The van der Waals surface area contributed by atoms with E-state index in [9.17, 15) is 0 Å². The van der Waals surface area contributed by atoms with Crippen molar-refractivity contribution in [3.05, 3.63) is 54.2 Å². The van der Waals surface area contributed by atoms with Crippen LogP contribution in [0.25, 0.3) is 0 Å². The zero-order valence-corrected chi connectivity index (χ0v) is 9.95. The van der Waals surface area contributed by atoms with Gasteiger partial charge in [0.1, 0.15) is 5.03 Å². The van der Waals surface area contributed by atoms with Gasteiger partial charge in [-0.15, -0.1) is 0 Å². The van der Waals surface area contributed by atoms with Gasteiger partial charge in [-0.1, -0.05) is 30.0 Å². The van der Waals surface area contributed by atoms with Crippen molar-refractivity contribution in [1.82, 2.24) is 4.98 Å². The van der Waals surface area contributed by atoms with Crippen LogP contribution in [0.4, 0.5) is 0 Å². The Morgan fingerprint density at radius 2 is 1.88 bits per heavy atom. The van der Waals surface area contributed by atoms with E-state index in [0.29, 0.717) is 0 Å². The molecule has 3 heteroatoms. The van der Waals surface area contributed by atoms with Gasteiger partial charge in [0.05, 0.1) is 0 Å². The molecule has 82 valence electrons. The smallest absolute Gasteiger partial charge is 0.101 e. The fraction of sp³-hybridized carbons (Fsp3) is 0.154. The van der Waals surface area contributed by atoms with E-state index >= 15 is 0 Å². The van der Waals surface area contributed by atoms with Crippen LogP contribution in [0.2, 0.25) is 0 Å². The summed E-state index contributed by atoms with van der Waals surface area (Å²) in [4.78, 5) is 5.45. The Labute approximate surface area is 99.9 Å². The van der Waals surface area contributed by atoms with E-state index in [1.54, 1.807) is 18.0 Å². The van der Waals surface area contributed by atoms with Crippen LogP contribution in [0.3, 0.4) is 0 Å². The minimum absolute atomic E-state index is 0.0916. The second-order valence-corrected chi connectivity index (χ2v) is 4.72. The highest BCUT2D eigenvalue weighted by Crippen LogP contribution is 2.26. The molecule has 0 radical (unpaired) electrons.